The Labute approximate surface area is 159 Å². The van der Waals surface area contributed by atoms with Crippen molar-refractivity contribution in [2.24, 2.45) is 0 Å². The molecule has 1 unspecified atom stereocenters. The van der Waals surface area contributed by atoms with Gasteiger partial charge in [-0.3, -0.25) is 9.78 Å². The second kappa shape index (κ2) is 8.85. The Bertz CT molecular complexity index is 862. The van der Waals surface area contributed by atoms with Crippen LogP contribution >= 0.6 is 0 Å². The summed E-state index contributed by atoms with van der Waals surface area (Å²) in [6.45, 7) is 1.72. The number of amides is 1. The molecule has 3 rings (SSSR count). The molecule has 0 saturated heterocycles. The van der Waals surface area contributed by atoms with Crippen LogP contribution in [-0.4, -0.2) is 24.1 Å². The summed E-state index contributed by atoms with van der Waals surface area (Å²) in [5.74, 6) is 1.16. The fourth-order valence-electron chi connectivity index (χ4n) is 2.60. The van der Waals surface area contributed by atoms with Crippen LogP contribution in [0.15, 0.2) is 73.1 Å². The molecule has 0 aliphatic carbocycles. The molecular formula is C22H22N2O3. The molecule has 0 fully saturated rings. The summed E-state index contributed by atoms with van der Waals surface area (Å²) in [5, 5.41) is 2.88. The van der Waals surface area contributed by atoms with Crippen molar-refractivity contribution in [2.45, 2.75) is 19.4 Å². The van der Waals surface area contributed by atoms with E-state index in [2.05, 4.69) is 10.3 Å². The monoisotopic (exact) mass is 362 g/mol. The molecule has 0 saturated carbocycles. The Kier molecular flexibility index (Phi) is 6.05. The average Bonchev–Trinajstić information content (AvgIpc) is 2.71. The number of benzene rings is 2. The molecule has 0 aliphatic rings. The first-order chi connectivity index (χ1) is 13.1. The van der Waals surface area contributed by atoms with Gasteiger partial charge in [0.05, 0.1) is 7.11 Å². The normalized spacial score (nSPS) is 11.5. The minimum absolute atomic E-state index is 0.201. The molecule has 1 aromatic heterocycles. The van der Waals surface area contributed by atoms with E-state index in [0.717, 1.165) is 17.9 Å². The van der Waals surface area contributed by atoms with Gasteiger partial charge in [0.15, 0.2) is 6.10 Å². The quantitative estimate of drug-likeness (QED) is 0.688. The Morgan fingerprint density at radius 1 is 0.926 bits per heavy atom. The number of rotatable bonds is 7. The van der Waals surface area contributed by atoms with Crippen LogP contribution in [-0.2, 0) is 11.2 Å². The van der Waals surface area contributed by atoms with Gasteiger partial charge in [0.1, 0.15) is 11.5 Å². The summed E-state index contributed by atoms with van der Waals surface area (Å²) in [5.41, 5.74) is 3.11. The van der Waals surface area contributed by atoms with Gasteiger partial charge in [0.2, 0.25) is 0 Å². The van der Waals surface area contributed by atoms with Crippen molar-refractivity contribution in [1.82, 2.24) is 4.98 Å². The Morgan fingerprint density at radius 2 is 1.52 bits per heavy atom. The van der Waals surface area contributed by atoms with E-state index >= 15 is 0 Å². The Morgan fingerprint density at radius 3 is 2.15 bits per heavy atom. The van der Waals surface area contributed by atoms with Crippen LogP contribution in [0.3, 0.4) is 0 Å². The van der Waals surface area contributed by atoms with Gasteiger partial charge in [-0.25, -0.2) is 0 Å². The highest BCUT2D eigenvalue weighted by Crippen LogP contribution is 2.19. The van der Waals surface area contributed by atoms with Crippen LogP contribution in [0.4, 0.5) is 5.69 Å². The lowest BCUT2D eigenvalue weighted by atomic mass is 10.1. The molecule has 5 nitrogen and oxygen atoms in total. The van der Waals surface area contributed by atoms with E-state index in [9.17, 15) is 4.79 Å². The lowest BCUT2D eigenvalue weighted by Crippen LogP contribution is -2.30. The summed E-state index contributed by atoms with van der Waals surface area (Å²) in [7, 11) is 1.61. The maximum atomic E-state index is 12.3. The first kappa shape index (κ1) is 18.5. The van der Waals surface area contributed by atoms with Crippen LogP contribution in [0.25, 0.3) is 0 Å². The zero-order valence-corrected chi connectivity index (χ0v) is 15.4. The van der Waals surface area contributed by atoms with Gasteiger partial charge >= 0.3 is 0 Å². The number of pyridine rings is 1. The zero-order valence-electron chi connectivity index (χ0n) is 15.4. The molecule has 0 bridgehead atoms. The highest BCUT2D eigenvalue weighted by Gasteiger charge is 2.15. The standard InChI is InChI=1S/C22H22N2O3/c1-16(27-21-9-7-20(26-2)8-10-21)22(25)24-19-5-3-17(4-6-19)15-18-11-13-23-14-12-18/h3-14,16H,15H2,1-2H3,(H,24,25). The Hall–Kier alpha value is -3.34. The lowest BCUT2D eigenvalue weighted by molar-refractivity contribution is -0.122. The molecule has 3 aromatic rings. The van der Waals surface area contributed by atoms with Gasteiger partial charge in [-0.15, -0.1) is 0 Å². The molecule has 0 spiro atoms. The number of methoxy groups -OCH3 is 1. The van der Waals surface area contributed by atoms with E-state index < -0.39 is 6.10 Å². The molecule has 5 heteroatoms. The number of aromatic nitrogens is 1. The number of hydrogen-bond acceptors (Lipinski definition) is 4. The molecule has 0 aliphatic heterocycles. The van der Waals surface area contributed by atoms with E-state index in [1.165, 1.54) is 11.1 Å². The smallest absolute Gasteiger partial charge is 0.265 e. The second-order valence-corrected chi connectivity index (χ2v) is 6.15. The number of carbonyl (C=O) groups is 1. The largest absolute Gasteiger partial charge is 0.497 e. The fraction of sp³-hybridized carbons (Fsp3) is 0.182. The molecule has 1 atom stereocenters. The van der Waals surface area contributed by atoms with Gasteiger partial charge in [0.25, 0.3) is 5.91 Å². The van der Waals surface area contributed by atoms with Gasteiger partial charge in [-0.2, -0.15) is 0 Å². The minimum atomic E-state index is -0.616. The van der Waals surface area contributed by atoms with Gasteiger partial charge in [0, 0.05) is 18.1 Å². The van der Waals surface area contributed by atoms with Crippen molar-refractivity contribution < 1.29 is 14.3 Å². The van der Waals surface area contributed by atoms with Crippen molar-refractivity contribution in [3.8, 4) is 11.5 Å². The van der Waals surface area contributed by atoms with Gasteiger partial charge in [-0.1, -0.05) is 12.1 Å². The van der Waals surface area contributed by atoms with Crippen LogP contribution in [0.5, 0.6) is 11.5 Å². The summed E-state index contributed by atoms with van der Waals surface area (Å²) in [6, 6.07) is 18.9. The van der Waals surface area contributed by atoms with E-state index in [4.69, 9.17) is 9.47 Å². The van der Waals surface area contributed by atoms with E-state index in [1.807, 2.05) is 36.4 Å². The molecular weight excluding hydrogens is 340 g/mol. The molecule has 0 radical (unpaired) electrons. The third-order valence-corrected chi connectivity index (χ3v) is 4.12. The first-order valence-corrected chi connectivity index (χ1v) is 8.73. The number of anilines is 1. The zero-order chi connectivity index (χ0) is 19.1. The maximum Gasteiger partial charge on any atom is 0.265 e. The van der Waals surface area contributed by atoms with Crippen LogP contribution in [0, 0.1) is 0 Å². The number of nitrogens with one attached hydrogen (secondary N) is 1. The third-order valence-electron chi connectivity index (χ3n) is 4.12. The van der Waals surface area contributed by atoms with Crippen molar-refractivity contribution in [1.29, 1.82) is 0 Å². The molecule has 1 amide bonds. The van der Waals surface area contributed by atoms with E-state index in [1.54, 1.807) is 50.7 Å². The second-order valence-electron chi connectivity index (χ2n) is 6.15. The predicted octanol–water partition coefficient (Wildman–Crippen LogP) is 4.09. The minimum Gasteiger partial charge on any atom is -0.497 e. The number of carbonyl (C=O) groups excluding carboxylic acids is 1. The first-order valence-electron chi connectivity index (χ1n) is 8.73. The van der Waals surface area contributed by atoms with Crippen LogP contribution < -0.4 is 14.8 Å². The molecule has 1 N–H and O–H groups in total. The van der Waals surface area contributed by atoms with Crippen molar-refractivity contribution >= 4 is 11.6 Å². The van der Waals surface area contributed by atoms with Crippen LogP contribution in [0.1, 0.15) is 18.1 Å². The lowest BCUT2D eigenvalue weighted by Gasteiger charge is -2.15. The van der Waals surface area contributed by atoms with Crippen molar-refractivity contribution in [3.63, 3.8) is 0 Å². The summed E-state index contributed by atoms with van der Waals surface area (Å²) >= 11 is 0. The molecule has 1 heterocycles. The summed E-state index contributed by atoms with van der Waals surface area (Å²) in [4.78, 5) is 16.4. The topological polar surface area (TPSA) is 60.5 Å². The number of nitrogens with zero attached hydrogens (tertiary/aromatic N) is 1. The molecule has 138 valence electrons. The van der Waals surface area contributed by atoms with Gasteiger partial charge < -0.3 is 14.8 Å². The fourth-order valence-corrected chi connectivity index (χ4v) is 2.60. The number of hydrogen-bond donors (Lipinski definition) is 1. The summed E-state index contributed by atoms with van der Waals surface area (Å²) in [6.07, 6.45) is 3.78. The van der Waals surface area contributed by atoms with Crippen molar-refractivity contribution in [2.75, 3.05) is 12.4 Å². The van der Waals surface area contributed by atoms with Crippen LogP contribution in [0.2, 0.25) is 0 Å². The van der Waals surface area contributed by atoms with E-state index in [0.29, 0.717) is 5.75 Å². The highest BCUT2D eigenvalue weighted by atomic mass is 16.5. The Balaban J connectivity index is 1.54. The molecule has 27 heavy (non-hydrogen) atoms. The third kappa shape index (κ3) is 5.31. The highest BCUT2D eigenvalue weighted by molar-refractivity contribution is 5.94. The SMILES string of the molecule is COc1ccc(OC(C)C(=O)Nc2ccc(Cc3ccncc3)cc2)cc1. The number of ether oxygens (including phenoxy) is 2. The van der Waals surface area contributed by atoms with E-state index in [-0.39, 0.29) is 5.91 Å². The molecule has 2 aromatic carbocycles. The van der Waals surface area contributed by atoms with Gasteiger partial charge in [-0.05, 0) is 73.0 Å². The average molecular weight is 362 g/mol. The summed E-state index contributed by atoms with van der Waals surface area (Å²) < 4.78 is 10.8. The predicted molar refractivity (Wildman–Crippen MR) is 105 cm³/mol. The maximum absolute atomic E-state index is 12.3. The van der Waals surface area contributed by atoms with Crippen molar-refractivity contribution in [3.05, 3.63) is 84.2 Å².